The molecule has 4 nitrogen and oxygen atoms in total. The van der Waals surface area contributed by atoms with E-state index in [0.29, 0.717) is 20.3 Å². The first-order valence-corrected chi connectivity index (χ1v) is 8.15. The summed E-state index contributed by atoms with van der Waals surface area (Å²) in [5.74, 6) is 0.208. The summed E-state index contributed by atoms with van der Waals surface area (Å²) in [6, 6.07) is 9.94. The second kappa shape index (κ2) is 6.22. The van der Waals surface area contributed by atoms with Gasteiger partial charge in [0, 0.05) is 11.6 Å². The second-order valence-electron chi connectivity index (χ2n) is 4.86. The number of allylic oxidation sites excluding steroid dienone is 1. The molecule has 0 aromatic heterocycles. The summed E-state index contributed by atoms with van der Waals surface area (Å²) in [6.45, 7) is 0. The first-order valence-electron chi connectivity index (χ1n) is 6.57. The molecule has 0 unspecified atom stereocenters. The summed E-state index contributed by atoms with van der Waals surface area (Å²) in [6.07, 6.45) is 3.11. The average molecular weight is 438 g/mol. The number of hydrogen-bond acceptors (Lipinski definition) is 4. The number of phenolic OH excluding ortho intramolecular Hbond substituents is 2. The van der Waals surface area contributed by atoms with Gasteiger partial charge < -0.3 is 14.9 Å². The molecule has 0 bridgehead atoms. The Morgan fingerprint density at radius 2 is 1.61 bits per heavy atom. The zero-order chi connectivity index (χ0) is 16.6. The lowest BCUT2D eigenvalue weighted by molar-refractivity contribution is -0.132. The number of rotatable bonds is 2. The van der Waals surface area contributed by atoms with Crippen molar-refractivity contribution in [2.45, 2.75) is 0 Å². The Morgan fingerprint density at radius 3 is 2.26 bits per heavy atom. The molecule has 23 heavy (non-hydrogen) atoms. The number of benzene rings is 2. The molecule has 6 heteroatoms. The molecule has 2 aromatic carbocycles. The maximum absolute atomic E-state index is 11.7. The Morgan fingerprint density at radius 1 is 0.957 bits per heavy atom. The quantitative estimate of drug-likeness (QED) is 0.673. The van der Waals surface area contributed by atoms with Crippen LogP contribution in [0.25, 0.3) is 11.6 Å². The Hall–Kier alpha value is -2.05. The standard InChI is InChI=1S/C17H10Br2O4/c18-12-5-9(1-3-14(12)20)6-16-11(8-17(22)23-16)10-2-4-15(21)13(19)7-10/h1-8,20-21H/b16-6-. The van der Waals surface area contributed by atoms with Crippen molar-refractivity contribution in [1.29, 1.82) is 0 Å². The Labute approximate surface area is 149 Å². The van der Waals surface area contributed by atoms with Crippen LogP contribution in [0.2, 0.25) is 0 Å². The van der Waals surface area contributed by atoms with Gasteiger partial charge in [0.25, 0.3) is 0 Å². The molecule has 2 N–H and O–H groups in total. The molecule has 0 amide bonds. The number of halogens is 2. The van der Waals surface area contributed by atoms with Crippen molar-refractivity contribution < 1.29 is 19.7 Å². The number of esters is 1. The van der Waals surface area contributed by atoms with Crippen LogP contribution in [0.3, 0.4) is 0 Å². The minimum absolute atomic E-state index is 0.118. The fourth-order valence-corrected chi connectivity index (χ4v) is 2.93. The minimum atomic E-state index is -0.451. The van der Waals surface area contributed by atoms with Gasteiger partial charge in [0.15, 0.2) is 0 Å². The highest BCUT2D eigenvalue weighted by Crippen LogP contribution is 2.35. The summed E-state index contributed by atoms with van der Waals surface area (Å²) in [4.78, 5) is 11.7. The number of phenols is 2. The van der Waals surface area contributed by atoms with E-state index < -0.39 is 5.97 Å². The molecule has 116 valence electrons. The van der Waals surface area contributed by atoms with Crippen LogP contribution in [0.1, 0.15) is 11.1 Å². The van der Waals surface area contributed by atoms with Crippen LogP contribution in [-0.4, -0.2) is 16.2 Å². The lowest BCUT2D eigenvalue weighted by Crippen LogP contribution is -1.92. The highest BCUT2D eigenvalue weighted by atomic mass is 79.9. The zero-order valence-electron chi connectivity index (χ0n) is 11.6. The predicted octanol–water partition coefficient (Wildman–Crippen LogP) is 4.60. The summed E-state index contributed by atoms with van der Waals surface area (Å²) < 4.78 is 6.33. The van der Waals surface area contributed by atoms with Crippen LogP contribution < -0.4 is 0 Å². The lowest BCUT2D eigenvalue weighted by atomic mass is 10.0. The molecule has 1 aliphatic rings. The molecule has 0 spiro atoms. The Bertz CT molecular complexity index is 869. The maximum Gasteiger partial charge on any atom is 0.336 e. The van der Waals surface area contributed by atoms with E-state index in [-0.39, 0.29) is 11.5 Å². The van der Waals surface area contributed by atoms with E-state index in [1.165, 1.54) is 12.1 Å². The molecular weight excluding hydrogens is 428 g/mol. The minimum Gasteiger partial charge on any atom is -0.507 e. The second-order valence-corrected chi connectivity index (χ2v) is 6.57. The lowest BCUT2D eigenvalue weighted by Gasteiger charge is -2.07. The summed E-state index contributed by atoms with van der Waals surface area (Å²) >= 11 is 6.51. The molecule has 3 rings (SSSR count). The van der Waals surface area contributed by atoms with E-state index in [4.69, 9.17) is 4.74 Å². The molecule has 0 fully saturated rings. The first-order chi connectivity index (χ1) is 10.9. The molecule has 2 aromatic rings. The van der Waals surface area contributed by atoms with Crippen LogP contribution in [0.15, 0.2) is 57.2 Å². The van der Waals surface area contributed by atoms with Crippen molar-refractivity contribution in [2.24, 2.45) is 0 Å². The van der Waals surface area contributed by atoms with Gasteiger partial charge in [-0.3, -0.25) is 0 Å². The van der Waals surface area contributed by atoms with Crippen molar-refractivity contribution >= 4 is 49.5 Å². The van der Waals surface area contributed by atoms with E-state index in [1.54, 1.807) is 36.4 Å². The number of hydrogen-bond donors (Lipinski definition) is 2. The Balaban J connectivity index is 2.02. The molecule has 0 radical (unpaired) electrons. The highest BCUT2D eigenvalue weighted by Gasteiger charge is 2.22. The van der Waals surface area contributed by atoms with Gasteiger partial charge in [-0.2, -0.15) is 0 Å². The van der Waals surface area contributed by atoms with Crippen LogP contribution in [-0.2, 0) is 9.53 Å². The SMILES string of the molecule is O=C1C=C(c2ccc(O)c(Br)c2)/C(=C/c2ccc(O)c(Br)c2)O1. The van der Waals surface area contributed by atoms with Gasteiger partial charge in [-0.05, 0) is 73.3 Å². The number of ether oxygens (including phenoxy) is 1. The predicted molar refractivity (Wildman–Crippen MR) is 93.7 cm³/mol. The van der Waals surface area contributed by atoms with E-state index in [0.717, 1.165) is 11.1 Å². The van der Waals surface area contributed by atoms with Crippen molar-refractivity contribution in [3.05, 3.63) is 68.3 Å². The van der Waals surface area contributed by atoms with Gasteiger partial charge in [-0.25, -0.2) is 4.79 Å². The van der Waals surface area contributed by atoms with E-state index in [2.05, 4.69) is 31.9 Å². The third-order valence-electron chi connectivity index (χ3n) is 3.27. The first kappa shape index (κ1) is 15.8. The number of carbonyl (C=O) groups excluding carboxylic acids is 1. The fourth-order valence-electron chi connectivity index (χ4n) is 2.15. The molecule has 1 aliphatic heterocycles. The smallest absolute Gasteiger partial charge is 0.336 e. The average Bonchev–Trinajstić information content (AvgIpc) is 2.86. The molecule has 0 saturated carbocycles. The molecule has 1 heterocycles. The van der Waals surface area contributed by atoms with Crippen LogP contribution in [0.5, 0.6) is 11.5 Å². The van der Waals surface area contributed by atoms with E-state index in [9.17, 15) is 15.0 Å². The monoisotopic (exact) mass is 436 g/mol. The van der Waals surface area contributed by atoms with Gasteiger partial charge in [0.2, 0.25) is 0 Å². The fraction of sp³-hybridized carbons (Fsp3) is 0. The number of aromatic hydroxyl groups is 2. The van der Waals surface area contributed by atoms with Gasteiger partial charge >= 0.3 is 5.97 Å². The molecule has 0 atom stereocenters. The van der Waals surface area contributed by atoms with E-state index >= 15 is 0 Å². The molecular formula is C17H10Br2O4. The Kier molecular flexibility index (Phi) is 4.28. The summed E-state index contributed by atoms with van der Waals surface area (Å²) in [7, 11) is 0. The van der Waals surface area contributed by atoms with Gasteiger partial charge in [-0.15, -0.1) is 0 Å². The number of carbonyl (C=O) groups is 1. The van der Waals surface area contributed by atoms with Gasteiger partial charge in [0.1, 0.15) is 17.3 Å². The van der Waals surface area contributed by atoms with Crippen molar-refractivity contribution in [3.8, 4) is 11.5 Å². The zero-order valence-corrected chi connectivity index (χ0v) is 14.8. The summed E-state index contributed by atoms with van der Waals surface area (Å²) in [5, 5.41) is 19.1. The van der Waals surface area contributed by atoms with Crippen molar-refractivity contribution in [1.82, 2.24) is 0 Å². The topological polar surface area (TPSA) is 66.8 Å². The van der Waals surface area contributed by atoms with Gasteiger partial charge in [0.05, 0.1) is 8.95 Å². The largest absolute Gasteiger partial charge is 0.507 e. The maximum atomic E-state index is 11.7. The highest BCUT2D eigenvalue weighted by molar-refractivity contribution is 9.10. The molecule has 0 aliphatic carbocycles. The van der Waals surface area contributed by atoms with Crippen LogP contribution in [0, 0.1) is 0 Å². The number of cyclic esters (lactones) is 1. The van der Waals surface area contributed by atoms with Crippen molar-refractivity contribution in [2.75, 3.05) is 0 Å². The van der Waals surface area contributed by atoms with Crippen molar-refractivity contribution in [3.63, 3.8) is 0 Å². The third kappa shape index (κ3) is 3.33. The van der Waals surface area contributed by atoms with Crippen LogP contribution >= 0.6 is 31.9 Å². The normalized spacial score (nSPS) is 15.7. The summed E-state index contributed by atoms with van der Waals surface area (Å²) in [5.41, 5.74) is 2.13. The van der Waals surface area contributed by atoms with Gasteiger partial charge in [-0.1, -0.05) is 12.1 Å². The molecule has 0 saturated heterocycles. The van der Waals surface area contributed by atoms with Crippen LogP contribution in [0.4, 0.5) is 0 Å². The third-order valence-corrected chi connectivity index (χ3v) is 4.54. The van der Waals surface area contributed by atoms with E-state index in [1.807, 2.05) is 0 Å².